The molecule has 0 radical (unpaired) electrons. The highest BCUT2D eigenvalue weighted by atomic mass is 79.9. The molecule has 0 unspecified atom stereocenters. The van der Waals surface area contributed by atoms with Crippen LogP contribution < -0.4 is 5.32 Å². The molecule has 3 aromatic rings. The zero-order valence-electron chi connectivity index (χ0n) is 16.3. The van der Waals surface area contributed by atoms with Crippen LogP contribution in [0.5, 0.6) is 0 Å². The minimum atomic E-state index is -0.869. The predicted molar refractivity (Wildman–Crippen MR) is 118 cm³/mol. The number of rotatable bonds is 8. The van der Waals surface area contributed by atoms with Gasteiger partial charge in [-0.1, -0.05) is 88.7 Å². The van der Waals surface area contributed by atoms with Gasteiger partial charge in [0.05, 0.1) is 0 Å². The van der Waals surface area contributed by atoms with Crippen LogP contribution in [-0.4, -0.2) is 18.1 Å². The topological polar surface area (TPSA) is 64.6 Å². The largest absolute Gasteiger partial charge is 0.459 e. The maximum Gasteiger partial charge on any atom is 0.408 e. The van der Waals surface area contributed by atoms with Crippen LogP contribution in [-0.2, 0) is 33.9 Å². The lowest BCUT2D eigenvalue weighted by Gasteiger charge is -2.18. The van der Waals surface area contributed by atoms with Crippen LogP contribution >= 0.6 is 15.9 Å². The van der Waals surface area contributed by atoms with Crippen LogP contribution in [0.15, 0.2) is 89.4 Å². The number of esters is 1. The number of alkyl carbamates (subject to hydrolysis) is 1. The van der Waals surface area contributed by atoms with Gasteiger partial charge in [0.25, 0.3) is 0 Å². The predicted octanol–water partition coefficient (Wildman–Crippen LogP) is 5.03. The van der Waals surface area contributed by atoms with Gasteiger partial charge < -0.3 is 14.8 Å². The first-order valence-electron chi connectivity index (χ1n) is 9.52. The molecule has 1 atom stereocenters. The van der Waals surface area contributed by atoms with Gasteiger partial charge in [0, 0.05) is 10.9 Å². The Balaban J connectivity index is 1.63. The van der Waals surface area contributed by atoms with E-state index in [4.69, 9.17) is 9.47 Å². The Labute approximate surface area is 184 Å². The van der Waals surface area contributed by atoms with Crippen molar-refractivity contribution in [3.63, 3.8) is 0 Å². The molecular formula is C24H22BrNO4. The molecule has 0 bridgehead atoms. The van der Waals surface area contributed by atoms with Crippen LogP contribution in [0.1, 0.15) is 16.7 Å². The van der Waals surface area contributed by atoms with Crippen LogP contribution in [0, 0.1) is 0 Å². The number of amides is 1. The summed E-state index contributed by atoms with van der Waals surface area (Å²) < 4.78 is 11.6. The minimum Gasteiger partial charge on any atom is -0.459 e. The first kappa shape index (κ1) is 21.6. The van der Waals surface area contributed by atoms with Gasteiger partial charge in [0.1, 0.15) is 19.3 Å². The van der Waals surface area contributed by atoms with E-state index in [9.17, 15) is 9.59 Å². The molecular weight excluding hydrogens is 446 g/mol. The number of nitrogens with one attached hydrogen (secondary N) is 1. The molecule has 0 saturated heterocycles. The number of halogens is 1. The van der Waals surface area contributed by atoms with Crippen LogP contribution in [0.3, 0.4) is 0 Å². The fourth-order valence-electron chi connectivity index (χ4n) is 2.83. The van der Waals surface area contributed by atoms with Crippen molar-refractivity contribution in [3.8, 4) is 0 Å². The van der Waals surface area contributed by atoms with Crippen LogP contribution in [0.25, 0.3) is 0 Å². The van der Waals surface area contributed by atoms with Gasteiger partial charge in [-0.05, 0) is 28.8 Å². The van der Waals surface area contributed by atoms with Crippen molar-refractivity contribution in [2.24, 2.45) is 0 Å². The summed E-state index contributed by atoms with van der Waals surface area (Å²) in [6.45, 7) is 0.255. The lowest BCUT2D eigenvalue weighted by molar-refractivity contribution is -0.147. The average molecular weight is 468 g/mol. The molecule has 6 heteroatoms. The van der Waals surface area contributed by atoms with Crippen molar-refractivity contribution in [2.75, 3.05) is 0 Å². The number of carbonyl (C=O) groups is 2. The van der Waals surface area contributed by atoms with E-state index in [2.05, 4.69) is 21.2 Å². The van der Waals surface area contributed by atoms with E-state index < -0.39 is 18.1 Å². The summed E-state index contributed by atoms with van der Waals surface area (Å²) in [7, 11) is 0. The van der Waals surface area contributed by atoms with Crippen molar-refractivity contribution < 1.29 is 19.1 Å². The van der Waals surface area contributed by atoms with E-state index in [1.54, 1.807) is 0 Å². The fraction of sp³-hybridized carbons (Fsp3) is 0.167. The summed E-state index contributed by atoms with van der Waals surface area (Å²) in [5.74, 6) is -0.518. The molecule has 0 saturated carbocycles. The van der Waals surface area contributed by atoms with Crippen molar-refractivity contribution in [1.29, 1.82) is 0 Å². The third-order valence-electron chi connectivity index (χ3n) is 4.34. The van der Waals surface area contributed by atoms with Gasteiger partial charge in [-0.15, -0.1) is 0 Å². The number of benzene rings is 3. The van der Waals surface area contributed by atoms with Crippen LogP contribution in [0.4, 0.5) is 4.79 Å². The lowest BCUT2D eigenvalue weighted by Crippen LogP contribution is -2.43. The summed E-state index contributed by atoms with van der Waals surface area (Å²) in [4.78, 5) is 25.0. The second-order valence-corrected chi connectivity index (χ2v) is 7.60. The standard InChI is InChI=1S/C24H22BrNO4/c25-21-13-7-12-20(14-21)15-22(23(27)29-16-18-8-3-1-4-9-18)26-24(28)30-17-19-10-5-2-6-11-19/h1-14,22H,15-17H2,(H,26,28)/t22-/m0/s1. The number of ether oxygens (including phenoxy) is 2. The van der Waals surface area contributed by atoms with Crippen molar-refractivity contribution in [2.45, 2.75) is 25.7 Å². The molecule has 0 aromatic heterocycles. The monoisotopic (exact) mass is 467 g/mol. The summed E-state index contributed by atoms with van der Waals surface area (Å²) >= 11 is 3.42. The fourth-order valence-corrected chi connectivity index (χ4v) is 3.28. The quantitative estimate of drug-likeness (QED) is 0.471. The molecule has 5 nitrogen and oxygen atoms in total. The summed E-state index contributed by atoms with van der Waals surface area (Å²) in [5, 5.41) is 2.64. The smallest absolute Gasteiger partial charge is 0.408 e. The van der Waals surface area contributed by atoms with E-state index in [-0.39, 0.29) is 19.6 Å². The van der Waals surface area contributed by atoms with Crippen molar-refractivity contribution >= 4 is 28.0 Å². The molecule has 0 aliphatic rings. The zero-order valence-corrected chi connectivity index (χ0v) is 17.9. The highest BCUT2D eigenvalue weighted by molar-refractivity contribution is 9.10. The maximum absolute atomic E-state index is 12.7. The van der Waals surface area contributed by atoms with Gasteiger partial charge >= 0.3 is 12.1 Å². The second-order valence-electron chi connectivity index (χ2n) is 6.69. The molecule has 30 heavy (non-hydrogen) atoms. The van der Waals surface area contributed by atoms with E-state index in [1.165, 1.54) is 0 Å². The number of hydrogen-bond donors (Lipinski definition) is 1. The highest BCUT2D eigenvalue weighted by Crippen LogP contribution is 2.14. The molecule has 0 aliphatic heterocycles. The van der Waals surface area contributed by atoms with Gasteiger partial charge in [-0.2, -0.15) is 0 Å². The zero-order chi connectivity index (χ0) is 21.2. The number of carbonyl (C=O) groups excluding carboxylic acids is 2. The minimum absolute atomic E-state index is 0.120. The summed E-state index contributed by atoms with van der Waals surface area (Å²) in [6, 6.07) is 25.4. The Morgan fingerprint density at radius 3 is 1.93 bits per heavy atom. The molecule has 1 amide bonds. The molecule has 0 spiro atoms. The number of hydrogen-bond acceptors (Lipinski definition) is 4. The molecule has 0 heterocycles. The van der Waals surface area contributed by atoms with E-state index in [0.717, 1.165) is 21.2 Å². The maximum atomic E-state index is 12.7. The summed E-state index contributed by atoms with van der Waals surface area (Å²) in [6.07, 6.45) is -0.386. The van der Waals surface area contributed by atoms with E-state index in [0.29, 0.717) is 0 Å². The normalized spacial score (nSPS) is 11.4. The Morgan fingerprint density at radius 2 is 1.33 bits per heavy atom. The molecule has 154 valence electrons. The average Bonchev–Trinajstić information content (AvgIpc) is 2.77. The van der Waals surface area contributed by atoms with Gasteiger partial charge in [-0.3, -0.25) is 0 Å². The summed E-state index contributed by atoms with van der Waals surface area (Å²) in [5.41, 5.74) is 2.62. The Morgan fingerprint density at radius 1 is 0.767 bits per heavy atom. The third-order valence-corrected chi connectivity index (χ3v) is 4.84. The van der Waals surface area contributed by atoms with Crippen molar-refractivity contribution in [3.05, 3.63) is 106 Å². The Hall–Kier alpha value is -3.12. The van der Waals surface area contributed by atoms with Crippen LogP contribution in [0.2, 0.25) is 0 Å². The van der Waals surface area contributed by atoms with Crippen molar-refractivity contribution in [1.82, 2.24) is 5.32 Å². The molecule has 3 rings (SSSR count). The molecule has 0 fully saturated rings. The highest BCUT2D eigenvalue weighted by Gasteiger charge is 2.24. The first-order valence-corrected chi connectivity index (χ1v) is 10.3. The van der Waals surface area contributed by atoms with Gasteiger partial charge in [0.15, 0.2) is 0 Å². The SMILES string of the molecule is O=C(N[C@@H](Cc1cccc(Br)c1)C(=O)OCc1ccccc1)OCc1ccccc1. The Kier molecular flexibility index (Phi) is 8.03. The first-order chi connectivity index (χ1) is 14.6. The van der Waals surface area contributed by atoms with E-state index >= 15 is 0 Å². The molecule has 0 aliphatic carbocycles. The third kappa shape index (κ3) is 7.04. The second kappa shape index (κ2) is 11.2. The van der Waals surface area contributed by atoms with E-state index in [1.807, 2.05) is 84.9 Å². The molecule has 3 aromatic carbocycles. The molecule has 1 N–H and O–H groups in total. The van der Waals surface area contributed by atoms with Gasteiger partial charge in [0.2, 0.25) is 0 Å². The Bertz CT molecular complexity index is 963. The van der Waals surface area contributed by atoms with Gasteiger partial charge in [-0.25, -0.2) is 9.59 Å². The lowest BCUT2D eigenvalue weighted by atomic mass is 10.1.